The number of hydrogen-bond acceptors (Lipinski definition) is 7. The van der Waals surface area contributed by atoms with Gasteiger partial charge in [0.25, 0.3) is 5.56 Å². The van der Waals surface area contributed by atoms with E-state index < -0.39 is 29.6 Å². The molecule has 0 bridgehead atoms. The molecule has 28 heavy (non-hydrogen) atoms. The van der Waals surface area contributed by atoms with Crippen molar-refractivity contribution in [2.75, 3.05) is 19.5 Å². The number of anilines is 1. The number of hydrogen-bond donors (Lipinski definition) is 1. The highest BCUT2D eigenvalue weighted by Gasteiger charge is 2.22. The molecule has 0 fully saturated rings. The lowest BCUT2D eigenvalue weighted by molar-refractivity contribution is -0.141. The van der Waals surface area contributed by atoms with Crippen LogP contribution in [0.5, 0.6) is 5.75 Å². The van der Waals surface area contributed by atoms with Crippen molar-refractivity contribution in [2.45, 2.75) is 26.3 Å². The van der Waals surface area contributed by atoms with Crippen LogP contribution in [0.25, 0.3) is 0 Å². The molecular formula is C19H23N3O6. The standard InChI is InChI=1S/C19H23N3O6/c1-4-9-22-17(20)16(18(25)21(2)19(22)26)14(23)11-28-15(24)10-12-5-7-13(27-3)8-6-12/h5-8H,4,9-11,20H2,1-3H3. The van der Waals surface area contributed by atoms with Gasteiger partial charge in [0, 0.05) is 13.6 Å². The number of nitrogen functional groups attached to an aromatic ring is 1. The summed E-state index contributed by atoms with van der Waals surface area (Å²) in [5, 5.41) is 0. The molecule has 2 N–H and O–H groups in total. The van der Waals surface area contributed by atoms with Gasteiger partial charge in [-0.25, -0.2) is 4.79 Å². The molecule has 0 aliphatic carbocycles. The summed E-state index contributed by atoms with van der Waals surface area (Å²) in [5.41, 5.74) is 4.79. The minimum atomic E-state index is -0.814. The molecule has 0 amide bonds. The summed E-state index contributed by atoms with van der Waals surface area (Å²) in [5.74, 6) is -0.950. The zero-order valence-corrected chi connectivity index (χ0v) is 16.1. The van der Waals surface area contributed by atoms with Crippen LogP contribution in [-0.2, 0) is 29.5 Å². The fraction of sp³-hybridized carbons (Fsp3) is 0.368. The topological polar surface area (TPSA) is 123 Å². The third-order valence-electron chi connectivity index (χ3n) is 4.18. The Morgan fingerprint density at radius 3 is 2.36 bits per heavy atom. The van der Waals surface area contributed by atoms with E-state index in [0.717, 1.165) is 9.13 Å². The van der Waals surface area contributed by atoms with Gasteiger partial charge in [0.2, 0.25) is 5.78 Å². The SMILES string of the molecule is CCCn1c(N)c(C(=O)COC(=O)Cc2ccc(OC)cc2)c(=O)n(C)c1=O. The van der Waals surface area contributed by atoms with Crippen LogP contribution in [0.2, 0.25) is 0 Å². The first-order chi connectivity index (χ1) is 13.3. The first-order valence-corrected chi connectivity index (χ1v) is 8.71. The molecule has 150 valence electrons. The monoisotopic (exact) mass is 389 g/mol. The van der Waals surface area contributed by atoms with Gasteiger partial charge in [-0.3, -0.25) is 23.5 Å². The maximum Gasteiger partial charge on any atom is 0.332 e. The summed E-state index contributed by atoms with van der Waals surface area (Å²) in [7, 11) is 2.80. The smallest absolute Gasteiger partial charge is 0.332 e. The van der Waals surface area contributed by atoms with Crippen molar-refractivity contribution >= 4 is 17.6 Å². The van der Waals surface area contributed by atoms with Crippen molar-refractivity contribution in [2.24, 2.45) is 7.05 Å². The maximum atomic E-state index is 12.4. The van der Waals surface area contributed by atoms with Crippen LogP contribution >= 0.6 is 0 Å². The summed E-state index contributed by atoms with van der Waals surface area (Å²) in [4.78, 5) is 48.9. The first-order valence-electron chi connectivity index (χ1n) is 8.71. The summed E-state index contributed by atoms with van der Waals surface area (Å²) in [6, 6.07) is 6.82. The normalized spacial score (nSPS) is 10.5. The highest BCUT2D eigenvalue weighted by Crippen LogP contribution is 2.12. The minimum absolute atomic E-state index is 0.0416. The van der Waals surface area contributed by atoms with E-state index in [1.165, 1.54) is 14.2 Å². The Kier molecular flexibility index (Phi) is 6.75. The fourth-order valence-corrected chi connectivity index (χ4v) is 2.66. The molecule has 0 aliphatic rings. The molecule has 2 aromatic rings. The molecule has 1 heterocycles. The quantitative estimate of drug-likeness (QED) is 0.516. The lowest BCUT2D eigenvalue weighted by Gasteiger charge is -2.13. The summed E-state index contributed by atoms with van der Waals surface area (Å²) in [6.45, 7) is 1.45. The van der Waals surface area contributed by atoms with Crippen LogP contribution in [0.15, 0.2) is 33.9 Å². The van der Waals surface area contributed by atoms with Crippen LogP contribution in [0.1, 0.15) is 29.3 Å². The number of aromatic nitrogens is 2. The largest absolute Gasteiger partial charge is 0.497 e. The van der Waals surface area contributed by atoms with Gasteiger partial charge in [-0.05, 0) is 24.1 Å². The van der Waals surface area contributed by atoms with Gasteiger partial charge in [0.05, 0.1) is 13.5 Å². The number of carbonyl (C=O) groups is 2. The maximum absolute atomic E-state index is 12.4. The molecule has 1 aromatic carbocycles. The van der Waals surface area contributed by atoms with E-state index in [1.807, 2.05) is 6.92 Å². The third-order valence-corrected chi connectivity index (χ3v) is 4.18. The van der Waals surface area contributed by atoms with Crippen LogP contribution in [0.4, 0.5) is 5.82 Å². The molecule has 0 radical (unpaired) electrons. The Morgan fingerprint density at radius 1 is 1.14 bits per heavy atom. The number of benzene rings is 1. The highest BCUT2D eigenvalue weighted by molar-refractivity contribution is 6.01. The Bertz CT molecular complexity index is 988. The number of Topliss-reactive ketones (excluding diaryl/α,β-unsaturated/α-hetero) is 1. The molecule has 1 aromatic heterocycles. The van der Waals surface area contributed by atoms with E-state index in [9.17, 15) is 19.2 Å². The van der Waals surface area contributed by atoms with E-state index in [1.54, 1.807) is 24.3 Å². The van der Waals surface area contributed by atoms with Gasteiger partial charge < -0.3 is 15.2 Å². The average molecular weight is 389 g/mol. The van der Waals surface area contributed by atoms with Crippen molar-refractivity contribution in [1.82, 2.24) is 9.13 Å². The Balaban J connectivity index is 2.13. The molecule has 0 saturated carbocycles. The Hall–Kier alpha value is -3.36. The molecular weight excluding hydrogens is 366 g/mol. The second kappa shape index (κ2) is 9.03. The Labute approximate surface area is 161 Å². The molecule has 0 aliphatic heterocycles. The van der Waals surface area contributed by atoms with Crippen molar-refractivity contribution in [3.63, 3.8) is 0 Å². The van der Waals surface area contributed by atoms with Crippen molar-refractivity contribution in [3.05, 3.63) is 56.2 Å². The molecule has 0 saturated heterocycles. The first kappa shape index (κ1) is 20.9. The van der Waals surface area contributed by atoms with Crippen LogP contribution in [0, 0.1) is 0 Å². The number of esters is 1. The average Bonchev–Trinajstić information content (AvgIpc) is 2.69. The zero-order valence-electron chi connectivity index (χ0n) is 16.1. The summed E-state index contributed by atoms with van der Waals surface area (Å²) < 4.78 is 12.0. The van der Waals surface area contributed by atoms with E-state index >= 15 is 0 Å². The lowest BCUT2D eigenvalue weighted by atomic mass is 10.1. The van der Waals surface area contributed by atoms with Crippen LogP contribution in [0.3, 0.4) is 0 Å². The van der Waals surface area contributed by atoms with Crippen LogP contribution in [-0.4, -0.2) is 34.6 Å². The van der Waals surface area contributed by atoms with Gasteiger partial charge >= 0.3 is 11.7 Å². The number of nitrogens with two attached hydrogens (primary N) is 1. The molecule has 2 rings (SSSR count). The highest BCUT2D eigenvalue weighted by atomic mass is 16.5. The molecule has 9 heteroatoms. The molecule has 0 unspecified atom stereocenters. The van der Waals surface area contributed by atoms with E-state index in [-0.39, 0.29) is 24.3 Å². The zero-order chi connectivity index (χ0) is 20.8. The van der Waals surface area contributed by atoms with Gasteiger partial charge in [-0.1, -0.05) is 19.1 Å². The van der Waals surface area contributed by atoms with Gasteiger partial charge in [0.15, 0.2) is 6.61 Å². The number of carbonyl (C=O) groups excluding carboxylic acids is 2. The molecule has 9 nitrogen and oxygen atoms in total. The molecule has 0 atom stereocenters. The Morgan fingerprint density at radius 2 is 1.79 bits per heavy atom. The van der Waals surface area contributed by atoms with Crippen molar-refractivity contribution < 1.29 is 19.1 Å². The predicted octanol–water partition coefficient (Wildman–Crippen LogP) is 0.516. The second-order valence-electron chi connectivity index (χ2n) is 6.17. The van der Waals surface area contributed by atoms with Gasteiger partial charge in [0.1, 0.15) is 17.1 Å². The number of ketones is 1. The number of methoxy groups -OCH3 is 1. The van der Waals surface area contributed by atoms with Gasteiger partial charge in [-0.15, -0.1) is 0 Å². The minimum Gasteiger partial charge on any atom is -0.497 e. The van der Waals surface area contributed by atoms with Crippen LogP contribution < -0.4 is 21.7 Å². The van der Waals surface area contributed by atoms with E-state index in [4.69, 9.17) is 15.2 Å². The van der Waals surface area contributed by atoms with E-state index in [0.29, 0.717) is 17.7 Å². The third kappa shape index (κ3) is 4.48. The number of nitrogens with zero attached hydrogens (tertiary/aromatic N) is 2. The number of rotatable bonds is 8. The van der Waals surface area contributed by atoms with Gasteiger partial charge in [-0.2, -0.15) is 0 Å². The predicted molar refractivity (Wildman–Crippen MR) is 103 cm³/mol. The van der Waals surface area contributed by atoms with E-state index in [2.05, 4.69) is 0 Å². The molecule has 0 spiro atoms. The summed E-state index contributed by atoms with van der Waals surface area (Å²) in [6.07, 6.45) is 0.548. The summed E-state index contributed by atoms with van der Waals surface area (Å²) >= 11 is 0. The van der Waals surface area contributed by atoms with Crippen molar-refractivity contribution in [1.29, 1.82) is 0 Å². The fourth-order valence-electron chi connectivity index (χ4n) is 2.66. The van der Waals surface area contributed by atoms with Crippen molar-refractivity contribution in [3.8, 4) is 5.75 Å². The second-order valence-corrected chi connectivity index (χ2v) is 6.17. The lowest BCUT2D eigenvalue weighted by Crippen LogP contribution is -2.43. The number of ether oxygens (including phenoxy) is 2.